The molecule has 1 aromatic heterocycles. The maximum Gasteiger partial charge on any atom is 0.116 e. The third-order valence-electron chi connectivity index (χ3n) is 4.58. The Bertz CT molecular complexity index is 467. The van der Waals surface area contributed by atoms with E-state index < -0.39 is 0 Å². The number of fused-ring (bicyclic) bond motifs is 2. The van der Waals surface area contributed by atoms with Crippen LogP contribution in [0.5, 0.6) is 0 Å². The van der Waals surface area contributed by atoms with Gasteiger partial charge in [-0.3, -0.25) is 0 Å². The molecule has 0 spiro atoms. The van der Waals surface area contributed by atoms with Gasteiger partial charge in [-0.05, 0) is 37.2 Å². The molecule has 0 amide bonds. The van der Waals surface area contributed by atoms with Gasteiger partial charge in [-0.2, -0.15) is 0 Å². The molecule has 3 aliphatic carbocycles. The summed E-state index contributed by atoms with van der Waals surface area (Å²) < 4.78 is 5.63. The lowest BCUT2D eigenvalue weighted by Crippen LogP contribution is -2.34. The van der Waals surface area contributed by atoms with Crippen molar-refractivity contribution in [2.75, 3.05) is 0 Å². The average molecular weight is 232 g/mol. The van der Waals surface area contributed by atoms with Gasteiger partial charge in [0, 0.05) is 11.5 Å². The third kappa shape index (κ3) is 1.58. The maximum absolute atomic E-state index is 10.3. The Morgan fingerprint density at radius 3 is 2.88 bits per heavy atom. The van der Waals surface area contributed by atoms with Crippen LogP contribution in [0.4, 0.5) is 0 Å². The molecule has 0 radical (unpaired) electrons. The molecule has 3 aliphatic rings. The Kier molecular flexibility index (Phi) is 2.27. The van der Waals surface area contributed by atoms with Crippen molar-refractivity contribution in [3.63, 3.8) is 0 Å². The standard InChI is InChI=1S/C15H20O2/c1-9-6-10-8-15(2,3)12(9)7-13(16)11-4-5-17-14(10)11/h4-6,10,12-13,16H,7-8H2,1-3H3/t10-,12-,13-/m1/s1. The van der Waals surface area contributed by atoms with Crippen LogP contribution in [0.25, 0.3) is 0 Å². The van der Waals surface area contributed by atoms with E-state index in [1.807, 2.05) is 6.07 Å². The highest BCUT2D eigenvalue weighted by Crippen LogP contribution is 2.52. The van der Waals surface area contributed by atoms with Crippen LogP contribution in [-0.2, 0) is 0 Å². The fourth-order valence-electron chi connectivity index (χ4n) is 3.75. The summed E-state index contributed by atoms with van der Waals surface area (Å²) in [5, 5.41) is 10.3. The van der Waals surface area contributed by atoms with Gasteiger partial charge >= 0.3 is 0 Å². The molecule has 0 unspecified atom stereocenters. The first-order chi connectivity index (χ1) is 7.99. The van der Waals surface area contributed by atoms with Crippen molar-refractivity contribution < 1.29 is 9.52 Å². The fourth-order valence-corrected chi connectivity index (χ4v) is 3.75. The molecule has 0 aromatic carbocycles. The second-order valence-electron chi connectivity index (χ2n) is 6.25. The van der Waals surface area contributed by atoms with E-state index in [-0.39, 0.29) is 11.5 Å². The molecule has 0 aliphatic heterocycles. The van der Waals surface area contributed by atoms with Crippen LogP contribution in [0.1, 0.15) is 57.0 Å². The average Bonchev–Trinajstić information content (AvgIpc) is 2.69. The number of aliphatic hydroxyl groups is 1. The van der Waals surface area contributed by atoms with Gasteiger partial charge in [0.25, 0.3) is 0 Å². The Balaban J connectivity index is 2.16. The van der Waals surface area contributed by atoms with Crippen molar-refractivity contribution in [2.45, 2.75) is 45.6 Å². The number of hydrogen-bond acceptors (Lipinski definition) is 2. The van der Waals surface area contributed by atoms with Gasteiger partial charge in [0.2, 0.25) is 0 Å². The van der Waals surface area contributed by atoms with E-state index in [1.54, 1.807) is 6.26 Å². The summed E-state index contributed by atoms with van der Waals surface area (Å²) in [6.07, 6.45) is 5.60. The smallest absolute Gasteiger partial charge is 0.116 e. The van der Waals surface area contributed by atoms with Gasteiger partial charge in [-0.25, -0.2) is 0 Å². The van der Waals surface area contributed by atoms with Crippen LogP contribution in [0.15, 0.2) is 28.4 Å². The molecule has 1 aromatic rings. The number of furan rings is 1. The maximum atomic E-state index is 10.3. The Morgan fingerprint density at radius 2 is 2.18 bits per heavy atom. The number of allylic oxidation sites excluding steroid dienone is 2. The summed E-state index contributed by atoms with van der Waals surface area (Å²) >= 11 is 0. The monoisotopic (exact) mass is 232 g/mol. The predicted molar refractivity (Wildman–Crippen MR) is 66.7 cm³/mol. The number of rotatable bonds is 0. The Hall–Kier alpha value is -1.02. The quantitative estimate of drug-likeness (QED) is 0.690. The minimum absolute atomic E-state index is 0.245. The summed E-state index contributed by atoms with van der Waals surface area (Å²) in [5.41, 5.74) is 2.65. The number of hydrogen-bond donors (Lipinski definition) is 1. The summed E-state index contributed by atoms with van der Waals surface area (Å²) in [4.78, 5) is 0. The van der Waals surface area contributed by atoms with Gasteiger partial charge in [-0.15, -0.1) is 0 Å². The van der Waals surface area contributed by atoms with Crippen molar-refractivity contribution >= 4 is 0 Å². The third-order valence-corrected chi connectivity index (χ3v) is 4.58. The van der Waals surface area contributed by atoms with E-state index in [9.17, 15) is 5.11 Å². The highest BCUT2D eigenvalue weighted by molar-refractivity contribution is 5.33. The van der Waals surface area contributed by atoms with Gasteiger partial charge in [0.15, 0.2) is 0 Å². The first-order valence-corrected chi connectivity index (χ1v) is 6.43. The van der Waals surface area contributed by atoms with E-state index in [2.05, 4.69) is 26.8 Å². The lowest BCUT2D eigenvalue weighted by Gasteiger charge is -2.44. The minimum atomic E-state index is -0.375. The molecule has 1 heterocycles. The van der Waals surface area contributed by atoms with Crippen LogP contribution < -0.4 is 0 Å². The van der Waals surface area contributed by atoms with Crippen molar-refractivity contribution in [3.05, 3.63) is 35.3 Å². The Morgan fingerprint density at radius 1 is 1.41 bits per heavy atom. The highest BCUT2D eigenvalue weighted by atomic mass is 16.3. The zero-order chi connectivity index (χ0) is 12.2. The molecule has 4 rings (SSSR count). The van der Waals surface area contributed by atoms with Crippen LogP contribution in [0.3, 0.4) is 0 Å². The fraction of sp³-hybridized carbons (Fsp3) is 0.600. The molecular formula is C15H20O2. The molecule has 2 nitrogen and oxygen atoms in total. The van der Waals surface area contributed by atoms with Gasteiger partial charge in [-0.1, -0.05) is 25.5 Å². The van der Waals surface area contributed by atoms with E-state index in [1.165, 1.54) is 5.57 Å². The van der Waals surface area contributed by atoms with Crippen molar-refractivity contribution in [2.24, 2.45) is 11.3 Å². The topological polar surface area (TPSA) is 33.4 Å². The summed E-state index contributed by atoms with van der Waals surface area (Å²) in [6.45, 7) is 6.81. The van der Waals surface area contributed by atoms with E-state index >= 15 is 0 Å². The summed E-state index contributed by atoms with van der Waals surface area (Å²) in [5.74, 6) is 1.79. The SMILES string of the molecule is CC1=C[C@@H]2CC(C)(C)[C@@H]1C[C@@H](O)c1ccoc12. The second kappa shape index (κ2) is 3.49. The zero-order valence-electron chi connectivity index (χ0n) is 10.7. The van der Waals surface area contributed by atoms with Gasteiger partial charge < -0.3 is 9.52 Å². The molecule has 0 saturated heterocycles. The van der Waals surface area contributed by atoms with Crippen molar-refractivity contribution in [3.8, 4) is 0 Å². The predicted octanol–water partition coefficient (Wildman–Crippen LogP) is 3.79. The van der Waals surface area contributed by atoms with Crippen molar-refractivity contribution in [1.82, 2.24) is 0 Å². The Labute approximate surface area is 102 Å². The lowest BCUT2D eigenvalue weighted by atomic mass is 9.61. The second-order valence-corrected chi connectivity index (χ2v) is 6.25. The molecule has 0 saturated carbocycles. The van der Waals surface area contributed by atoms with Crippen LogP contribution in [0.2, 0.25) is 0 Å². The largest absolute Gasteiger partial charge is 0.468 e. The lowest BCUT2D eigenvalue weighted by molar-refractivity contribution is 0.0851. The van der Waals surface area contributed by atoms with E-state index in [0.29, 0.717) is 11.8 Å². The summed E-state index contributed by atoms with van der Waals surface area (Å²) in [7, 11) is 0. The molecule has 92 valence electrons. The summed E-state index contributed by atoms with van der Waals surface area (Å²) in [6, 6.07) is 1.93. The highest BCUT2D eigenvalue weighted by Gasteiger charge is 2.42. The molecular weight excluding hydrogens is 212 g/mol. The molecule has 3 atom stereocenters. The van der Waals surface area contributed by atoms with Crippen molar-refractivity contribution in [1.29, 1.82) is 0 Å². The molecule has 2 heteroatoms. The molecule has 2 bridgehead atoms. The van der Waals surface area contributed by atoms with Crippen LogP contribution in [0, 0.1) is 11.3 Å². The normalized spacial score (nSPS) is 34.8. The molecule has 1 N–H and O–H groups in total. The first kappa shape index (κ1) is 11.1. The molecule has 17 heavy (non-hydrogen) atoms. The number of aliphatic hydroxyl groups excluding tert-OH is 1. The van der Waals surface area contributed by atoms with Gasteiger partial charge in [0.05, 0.1) is 12.4 Å². The minimum Gasteiger partial charge on any atom is -0.468 e. The van der Waals surface area contributed by atoms with Crippen LogP contribution >= 0.6 is 0 Å². The zero-order valence-corrected chi connectivity index (χ0v) is 10.7. The van der Waals surface area contributed by atoms with E-state index in [0.717, 1.165) is 24.2 Å². The first-order valence-electron chi connectivity index (χ1n) is 6.43. The van der Waals surface area contributed by atoms with E-state index in [4.69, 9.17) is 4.42 Å². The van der Waals surface area contributed by atoms with Crippen LogP contribution in [-0.4, -0.2) is 5.11 Å². The molecule has 0 fully saturated rings. The van der Waals surface area contributed by atoms with Gasteiger partial charge in [0.1, 0.15) is 5.76 Å².